The van der Waals surface area contributed by atoms with Crippen LogP contribution in [0, 0.1) is 0 Å². The first-order valence-electron chi connectivity index (χ1n) is 7.09. The van der Waals surface area contributed by atoms with Crippen molar-refractivity contribution in [2.75, 3.05) is 10.6 Å². The quantitative estimate of drug-likeness (QED) is 0.690. The molecule has 116 valence electrons. The van der Waals surface area contributed by atoms with E-state index in [9.17, 15) is 0 Å². The molecule has 0 saturated heterocycles. The summed E-state index contributed by atoms with van der Waals surface area (Å²) in [6.45, 7) is 0.719. The average molecular weight is 343 g/mol. The van der Waals surface area contributed by atoms with Gasteiger partial charge in [0.2, 0.25) is 0 Å². The maximum atomic E-state index is 5.95. The van der Waals surface area contributed by atoms with E-state index in [1.54, 1.807) is 6.20 Å². The Labute approximate surface area is 145 Å². The molecule has 0 aliphatic rings. The SMILES string of the molecule is S=C(Nc1cccc(Cl)c1)Nc1cnn(Cc2ccccc2)c1. The number of rotatable bonds is 4. The van der Waals surface area contributed by atoms with Crippen molar-refractivity contribution in [2.24, 2.45) is 0 Å². The second kappa shape index (κ2) is 7.26. The van der Waals surface area contributed by atoms with Crippen LogP contribution in [0.1, 0.15) is 5.56 Å². The lowest BCUT2D eigenvalue weighted by molar-refractivity contribution is 0.687. The van der Waals surface area contributed by atoms with Gasteiger partial charge in [-0.05, 0) is 36.0 Å². The Morgan fingerprint density at radius 1 is 1.04 bits per heavy atom. The summed E-state index contributed by atoms with van der Waals surface area (Å²) in [6, 6.07) is 17.6. The molecule has 1 heterocycles. The van der Waals surface area contributed by atoms with Gasteiger partial charge in [0.25, 0.3) is 0 Å². The van der Waals surface area contributed by atoms with Gasteiger partial charge in [-0.25, -0.2) is 0 Å². The molecule has 0 radical (unpaired) electrons. The minimum atomic E-state index is 0.492. The van der Waals surface area contributed by atoms with Crippen molar-refractivity contribution >= 4 is 40.3 Å². The molecule has 3 rings (SSSR count). The van der Waals surface area contributed by atoms with Crippen LogP contribution in [0.2, 0.25) is 5.02 Å². The Kier molecular flexibility index (Phi) is 4.90. The normalized spacial score (nSPS) is 10.3. The van der Waals surface area contributed by atoms with Gasteiger partial charge in [-0.3, -0.25) is 4.68 Å². The maximum absolute atomic E-state index is 5.95. The van der Waals surface area contributed by atoms with Gasteiger partial charge in [-0.1, -0.05) is 48.0 Å². The van der Waals surface area contributed by atoms with E-state index in [-0.39, 0.29) is 0 Å². The number of aromatic nitrogens is 2. The summed E-state index contributed by atoms with van der Waals surface area (Å²) < 4.78 is 1.86. The van der Waals surface area contributed by atoms with Crippen LogP contribution in [0.5, 0.6) is 0 Å². The van der Waals surface area contributed by atoms with Gasteiger partial charge in [0.15, 0.2) is 5.11 Å². The predicted molar refractivity (Wildman–Crippen MR) is 99.1 cm³/mol. The molecule has 2 aromatic carbocycles. The molecule has 0 aliphatic carbocycles. The third-order valence-electron chi connectivity index (χ3n) is 3.16. The minimum absolute atomic E-state index is 0.492. The zero-order valence-electron chi connectivity index (χ0n) is 12.2. The second-order valence-corrected chi connectivity index (χ2v) is 5.85. The van der Waals surface area contributed by atoms with Crippen LogP contribution in [0.4, 0.5) is 11.4 Å². The number of halogens is 1. The second-order valence-electron chi connectivity index (χ2n) is 5.00. The number of anilines is 2. The molecule has 3 aromatic rings. The Balaban J connectivity index is 1.59. The lowest BCUT2D eigenvalue weighted by Crippen LogP contribution is -2.18. The van der Waals surface area contributed by atoms with Gasteiger partial charge >= 0.3 is 0 Å². The van der Waals surface area contributed by atoms with E-state index in [0.717, 1.165) is 17.9 Å². The molecule has 0 saturated carbocycles. The van der Waals surface area contributed by atoms with Crippen LogP contribution < -0.4 is 10.6 Å². The predicted octanol–water partition coefficient (Wildman–Crippen LogP) is 4.39. The molecule has 2 N–H and O–H groups in total. The third kappa shape index (κ3) is 4.55. The zero-order chi connectivity index (χ0) is 16.1. The largest absolute Gasteiger partial charge is 0.332 e. The first-order chi connectivity index (χ1) is 11.2. The van der Waals surface area contributed by atoms with Crippen LogP contribution in [0.3, 0.4) is 0 Å². The summed E-state index contributed by atoms with van der Waals surface area (Å²) in [4.78, 5) is 0. The van der Waals surface area contributed by atoms with Crippen LogP contribution in [0.15, 0.2) is 67.0 Å². The highest BCUT2D eigenvalue weighted by atomic mass is 35.5. The van der Waals surface area contributed by atoms with E-state index in [4.69, 9.17) is 23.8 Å². The molecule has 4 nitrogen and oxygen atoms in total. The molecular weight excluding hydrogens is 328 g/mol. The summed E-state index contributed by atoms with van der Waals surface area (Å²) in [6.07, 6.45) is 3.66. The number of benzene rings is 2. The molecule has 0 aliphatic heterocycles. The molecular formula is C17H15ClN4S. The third-order valence-corrected chi connectivity index (χ3v) is 3.60. The molecule has 1 aromatic heterocycles. The summed E-state index contributed by atoms with van der Waals surface area (Å²) >= 11 is 11.2. The zero-order valence-corrected chi connectivity index (χ0v) is 13.8. The molecule has 0 atom stereocenters. The van der Waals surface area contributed by atoms with Crippen molar-refractivity contribution in [3.8, 4) is 0 Å². The average Bonchev–Trinajstić information content (AvgIpc) is 2.95. The number of hydrogen-bond acceptors (Lipinski definition) is 2. The molecule has 6 heteroatoms. The highest BCUT2D eigenvalue weighted by molar-refractivity contribution is 7.80. The molecule has 0 fully saturated rings. The van der Waals surface area contributed by atoms with E-state index in [1.165, 1.54) is 5.56 Å². The van der Waals surface area contributed by atoms with Crippen LogP contribution in [-0.4, -0.2) is 14.9 Å². The number of nitrogens with one attached hydrogen (secondary N) is 2. The van der Waals surface area contributed by atoms with Crippen molar-refractivity contribution in [3.63, 3.8) is 0 Å². The number of thiocarbonyl (C=S) groups is 1. The molecule has 0 amide bonds. The van der Waals surface area contributed by atoms with Crippen molar-refractivity contribution in [1.82, 2.24) is 9.78 Å². The highest BCUT2D eigenvalue weighted by Crippen LogP contribution is 2.15. The minimum Gasteiger partial charge on any atom is -0.332 e. The van der Waals surface area contributed by atoms with E-state index in [2.05, 4.69) is 27.9 Å². The summed E-state index contributed by atoms with van der Waals surface area (Å²) in [5.74, 6) is 0. The van der Waals surface area contributed by atoms with Gasteiger partial charge in [-0.15, -0.1) is 0 Å². The van der Waals surface area contributed by atoms with Crippen molar-refractivity contribution in [2.45, 2.75) is 6.54 Å². The van der Waals surface area contributed by atoms with Gasteiger partial charge in [0.05, 0.1) is 18.4 Å². The Morgan fingerprint density at radius 3 is 2.61 bits per heavy atom. The van der Waals surface area contributed by atoms with Crippen molar-refractivity contribution in [1.29, 1.82) is 0 Å². The molecule has 0 spiro atoms. The van der Waals surface area contributed by atoms with E-state index < -0.39 is 0 Å². The highest BCUT2D eigenvalue weighted by Gasteiger charge is 2.03. The molecule has 23 heavy (non-hydrogen) atoms. The maximum Gasteiger partial charge on any atom is 0.175 e. The number of nitrogens with zero attached hydrogens (tertiary/aromatic N) is 2. The Morgan fingerprint density at radius 2 is 1.83 bits per heavy atom. The number of hydrogen-bond donors (Lipinski definition) is 2. The fourth-order valence-corrected chi connectivity index (χ4v) is 2.57. The Hall–Kier alpha value is -2.37. The van der Waals surface area contributed by atoms with Crippen LogP contribution in [0.25, 0.3) is 0 Å². The van der Waals surface area contributed by atoms with Crippen LogP contribution >= 0.6 is 23.8 Å². The van der Waals surface area contributed by atoms with Crippen molar-refractivity contribution < 1.29 is 0 Å². The van der Waals surface area contributed by atoms with Gasteiger partial charge in [0, 0.05) is 16.9 Å². The summed E-state index contributed by atoms with van der Waals surface area (Å²) in [5, 5.41) is 11.7. The van der Waals surface area contributed by atoms with Gasteiger partial charge in [0.1, 0.15) is 0 Å². The fraction of sp³-hybridized carbons (Fsp3) is 0.0588. The molecule has 0 bridgehead atoms. The first kappa shape index (κ1) is 15.5. The van der Waals surface area contributed by atoms with E-state index in [1.807, 2.05) is 53.3 Å². The summed E-state index contributed by atoms with van der Waals surface area (Å²) in [7, 11) is 0. The van der Waals surface area contributed by atoms with Gasteiger partial charge in [-0.2, -0.15) is 5.10 Å². The monoisotopic (exact) mass is 342 g/mol. The van der Waals surface area contributed by atoms with Crippen LogP contribution in [-0.2, 0) is 6.54 Å². The smallest absolute Gasteiger partial charge is 0.175 e. The first-order valence-corrected chi connectivity index (χ1v) is 7.87. The standard InChI is InChI=1S/C17H15ClN4S/c18-14-7-4-8-15(9-14)20-17(23)21-16-10-19-22(12-16)11-13-5-2-1-3-6-13/h1-10,12H,11H2,(H2,20,21,23). The lowest BCUT2D eigenvalue weighted by atomic mass is 10.2. The van der Waals surface area contributed by atoms with E-state index >= 15 is 0 Å². The lowest BCUT2D eigenvalue weighted by Gasteiger charge is -2.09. The summed E-state index contributed by atoms with van der Waals surface area (Å²) in [5.41, 5.74) is 2.87. The van der Waals surface area contributed by atoms with Crippen molar-refractivity contribution in [3.05, 3.63) is 77.6 Å². The van der Waals surface area contributed by atoms with E-state index in [0.29, 0.717) is 10.1 Å². The topological polar surface area (TPSA) is 41.9 Å². The van der Waals surface area contributed by atoms with Gasteiger partial charge < -0.3 is 10.6 Å². The fourth-order valence-electron chi connectivity index (χ4n) is 2.14. The Bertz CT molecular complexity index is 801. The molecule has 0 unspecified atom stereocenters.